The van der Waals surface area contributed by atoms with Gasteiger partial charge in [-0.3, -0.25) is 4.90 Å². The van der Waals surface area contributed by atoms with Crippen LogP contribution in [-0.2, 0) is 0 Å². The van der Waals surface area contributed by atoms with Crippen LogP contribution in [0.15, 0.2) is 42.1 Å². The first kappa shape index (κ1) is 11.4. The topological polar surface area (TPSA) is 82.2 Å². The molecule has 1 atom stereocenters. The average molecular weight is 237 g/mol. The van der Waals surface area contributed by atoms with Crippen LogP contribution in [0.4, 0.5) is 0 Å². The summed E-state index contributed by atoms with van der Waals surface area (Å²) >= 11 is 0. The fourth-order valence-corrected chi connectivity index (χ4v) is 1.64. The lowest BCUT2D eigenvalue weighted by Gasteiger charge is -2.37. The Morgan fingerprint density at radius 2 is 1.76 bits per heavy atom. The highest BCUT2D eigenvalue weighted by Crippen LogP contribution is 2.32. The smallest absolute Gasteiger partial charge is 0.279 e. The molecule has 92 valence electrons. The van der Waals surface area contributed by atoms with Crippen molar-refractivity contribution in [1.29, 1.82) is 0 Å². The van der Waals surface area contributed by atoms with E-state index >= 15 is 0 Å². The Morgan fingerprint density at radius 3 is 2.24 bits per heavy atom. The Kier molecular flexibility index (Phi) is 2.51. The largest absolute Gasteiger partial charge is 0.491 e. The molecule has 0 saturated heterocycles. The second kappa shape index (κ2) is 3.74. The molecule has 0 aliphatic carbocycles. The molecule has 1 unspecified atom stereocenters. The first-order valence-electron chi connectivity index (χ1n) is 5.12. The van der Waals surface area contributed by atoms with E-state index in [1.807, 2.05) is 18.2 Å². The molecule has 0 aromatic heterocycles. The van der Waals surface area contributed by atoms with E-state index in [1.54, 1.807) is 26.1 Å². The van der Waals surface area contributed by atoms with E-state index in [1.165, 1.54) is 4.90 Å². The van der Waals surface area contributed by atoms with E-state index in [-0.39, 0.29) is 5.88 Å². The summed E-state index contributed by atoms with van der Waals surface area (Å²) in [6, 6.07) is 9.03. The first-order chi connectivity index (χ1) is 7.97. The van der Waals surface area contributed by atoms with Crippen molar-refractivity contribution in [3.8, 4) is 5.75 Å². The van der Waals surface area contributed by atoms with Gasteiger partial charge in [-0.2, -0.15) is 0 Å². The monoisotopic (exact) mass is 237 g/mol. The predicted molar refractivity (Wildman–Crippen MR) is 61.5 cm³/mol. The Balaban J connectivity index is 2.27. The van der Waals surface area contributed by atoms with Crippen LogP contribution in [0.5, 0.6) is 5.75 Å². The van der Waals surface area contributed by atoms with Gasteiger partial charge in [0.2, 0.25) is 0 Å². The molecule has 1 aromatic rings. The van der Waals surface area contributed by atoms with Crippen molar-refractivity contribution in [3.63, 3.8) is 0 Å². The van der Waals surface area contributed by atoms with Crippen LogP contribution in [0.2, 0.25) is 0 Å². The van der Waals surface area contributed by atoms with E-state index in [4.69, 9.17) is 10.6 Å². The van der Waals surface area contributed by atoms with Gasteiger partial charge in [-0.1, -0.05) is 18.2 Å². The first-order valence-corrected chi connectivity index (χ1v) is 5.12. The number of ether oxygens (including phenoxy) is 1. The molecule has 6 heteroatoms. The zero-order chi connectivity index (χ0) is 12.6. The third-order valence-electron chi connectivity index (χ3n) is 2.87. The summed E-state index contributed by atoms with van der Waals surface area (Å²) in [5.41, 5.74) is 0. The Morgan fingerprint density at radius 1 is 1.18 bits per heavy atom. The molecular weight excluding hydrogens is 222 g/mol. The molecule has 6 nitrogen and oxygen atoms in total. The van der Waals surface area contributed by atoms with Crippen molar-refractivity contribution in [2.45, 2.75) is 12.8 Å². The predicted octanol–water partition coefficient (Wildman–Crippen LogP) is 1.10. The minimum absolute atomic E-state index is 0.328. The van der Waals surface area contributed by atoms with Crippen LogP contribution in [0.1, 0.15) is 6.92 Å². The quantitative estimate of drug-likeness (QED) is 0.668. The van der Waals surface area contributed by atoms with Gasteiger partial charge in [0, 0.05) is 14.0 Å². The zero-order valence-corrected chi connectivity index (χ0v) is 9.66. The molecule has 1 aromatic carbocycles. The second-order valence-corrected chi connectivity index (χ2v) is 3.93. The third-order valence-corrected chi connectivity index (χ3v) is 2.87. The van der Waals surface area contributed by atoms with Crippen LogP contribution in [0.3, 0.4) is 0 Å². The molecule has 4 N–H and O–H groups in total. The number of hydrazine groups is 1. The molecule has 1 aliphatic heterocycles. The lowest BCUT2D eigenvalue weighted by molar-refractivity contribution is -0.141. The standard InChI is InChI=1S/C11H15N3O3/c1-11(17-8-6-4-3-5-7-8)13(2)9(15)10(16)14(11)12/h3-7,15-16H,12H2,1-2H3. The van der Waals surface area contributed by atoms with E-state index in [2.05, 4.69) is 0 Å². The third kappa shape index (κ3) is 1.62. The fraction of sp³-hybridized carbons (Fsp3) is 0.273. The highest BCUT2D eigenvalue weighted by molar-refractivity contribution is 5.23. The maximum absolute atomic E-state index is 9.60. The molecule has 0 bridgehead atoms. The number of benzene rings is 1. The van der Waals surface area contributed by atoms with Crippen molar-refractivity contribution in [2.75, 3.05) is 7.05 Å². The number of aliphatic hydroxyl groups excluding tert-OH is 2. The molecule has 1 aliphatic rings. The summed E-state index contributed by atoms with van der Waals surface area (Å²) in [5, 5.41) is 20.1. The number of hydrogen-bond acceptors (Lipinski definition) is 6. The van der Waals surface area contributed by atoms with Gasteiger partial charge in [-0.05, 0) is 12.1 Å². The lowest BCUT2D eigenvalue weighted by atomic mass is 10.3. The van der Waals surface area contributed by atoms with Gasteiger partial charge in [0.25, 0.3) is 17.6 Å². The van der Waals surface area contributed by atoms with Gasteiger partial charge in [0.1, 0.15) is 5.75 Å². The van der Waals surface area contributed by atoms with Gasteiger partial charge >= 0.3 is 0 Å². The van der Waals surface area contributed by atoms with Gasteiger partial charge < -0.3 is 14.9 Å². The van der Waals surface area contributed by atoms with Crippen molar-refractivity contribution in [2.24, 2.45) is 5.84 Å². The summed E-state index contributed by atoms with van der Waals surface area (Å²) in [4.78, 5) is 1.34. The maximum Gasteiger partial charge on any atom is 0.279 e. The molecule has 0 radical (unpaired) electrons. The van der Waals surface area contributed by atoms with Crippen LogP contribution < -0.4 is 10.6 Å². The highest BCUT2D eigenvalue weighted by atomic mass is 16.6. The van der Waals surface area contributed by atoms with Crippen molar-refractivity contribution in [1.82, 2.24) is 9.91 Å². The molecule has 0 saturated carbocycles. The summed E-state index contributed by atoms with van der Waals surface area (Å²) in [6.07, 6.45) is 0. The number of nitrogens with zero attached hydrogens (tertiary/aromatic N) is 2. The minimum Gasteiger partial charge on any atom is -0.491 e. The zero-order valence-electron chi connectivity index (χ0n) is 9.66. The molecule has 2 rings (SSSR count). The second-order valence-electron chi connectivity index (χ2n) is 3.93. The normalized spacial score (nSPS) is 24.4. The number of nitrogens with two attached hydrogens (primary N) is 1. The van der Waals surface area contributed by atoms with Gasteiger partial charge in [0.15, 0.2) is 0 Å². The number of hydrogen-bond donors (Lipinski definition) is 3. The molecular formula is C11H15N3O3. The summed E-state index contributed by atoms with van der Waals surface area (Å²) in [6.45, 7) is 1.64. The van der Waals surface area contributed by atoms with E-state index in [0.717, 1.165) is 5.01 Å². The summed E-state index contributed by atoms with van der Waals surface area (Å²) < 4.78 is 5.69. The average Bonchev–Trinajstić information content (AvgIpc) is 2.47. The van der Waals surface area contributed by atoms with Crippen molar-refractivity contribution >= 4 is 0 Å². The van der Waals surface area contributed by atoms with E-state index in [9.17, 15) is 10.2 Å². The number of aliphatic hydroxyl groups is 2. The summed E-state index contributed by atoms with van der Waals surface area (Å²) in [5.74, 6) is 4.34. The number of rotatable bonds is 2. The van der Waals surface area contributed by atoms with Crippen LogP contribution in [-0.4, -0.2) is 33.0 Å². The summed E-state index contributed by atoms with van der Waals surface area (Å²) in [7, 11) is 1.57. The van der Waals surface area contributed by atoms with Crippen LogP contribution in [0.25, 0.3) is 0 Å². The number of para-hydroxylation sites is 1. The fourth-order valence-electron chi connectivity index (χ4n) is 1.64. The van der Waals surface area contributed by atoms with Crippen LogP contribution >= 0.6 is 0 Å². The van der Waals surface area contributed by atoms with Gasteiger partial charge in [-0.15, -0.1) is 0 Å². The molecule has 0 amide bonds. The molecule has 0 spiro atoms. The molecule has 0 fully saturated rings. The lowest BCUT2D eigenvalue weighted by Crippen LogP contribution is -2.58. The Hall–Kier alpha value is -2.08. The maximum atomic E-state index is 9.60. The van der Waals surface area contributed by atoms with Gasteiger partial charge in [-0.25, -0.2) is 10.9 Å². The van der Waals surface area contributed by atoms with Crippen molar-refractivity contribution < 1.29 is 14.9 Å². The van der Waals surface area contributed by atoms with Crippen molar-refractivity contribution in [3.05, 3.63) is 42.1 Å². The van der Waals surface area contributed by atoms with Gasteiger partial charge in [0.05, 0.1) is 0 Å². The SMILES string of the molecule is CN1C(O)=C(O)N(N)C1(C)Oc1ccccc1. The van der Waals surface area contributed by atoms with E-state index < -0.39 is 11.7 Å². The van der Waals surface area contributed by atoms with E-state index in [0.29, 0.717) is 5.75 Å². The Labute approximate surface area is 99.1 Å². The highest BCUT2D eigenvalue weighted by Gasteiger charge is 2.48. The molecule has 17 heavy (non-hydrogen) atoms. The minimum atomic E-state index is -1.17. The van der Waals surface area contributed by atoms with Crippen LogP contribution in [0, 0.1) is 0 Å². The molecule has 1 heterocycles. The Bertz CT molecular complexity index is 429.